The van der Waals surface area contributed by atoms with Gasteiger partial charge in [0.15, 0.2) is 0 Å². The summed E-state index contributed by atoms with van der Waals surface area (Å²) in [7, 11) is 1.63. The van der Waals surface area contributed by atoms with Crippen molar-refractivity contribution in [1.29, 1.82) is 0 Å². The molecule has 0 saturated heterocycles. The number of methoxy groups -OCH3 is 1. The number of benzene rings is 1. The van der Waals surface area contributed by atoms with Crippen LogP contribution in [0, 0.1) is 5.92 Å². The quantitative estimate of drug-likeness (QED) is 0.845. The number of rotatable bonds is 5. The lowest BCUT2D eigenvalue weighted by Crippen LogP contribution is -2.37. The van der Waals surface area contributed by atoms with E-state index in [0.717, 1.165) is 11.1 Å². The van der Waals surface area contributed by atoms with Crippen molar-refractivity contribution in [3.05, 3.63) is 35.4 Å². The Morgan fingerprint density at radius 1 is 1.53 bits per heavy atom. The number of aliphatic hydroxyl groups is 1. The summed E-state index contributed by atoms with van der Waals surface area (Å²) in [5.74, 6) is -0.141. The van der Waals surface area contributed by atoms with Gasteiger partial charge in [-0.25, -0.2) is 0 Å². The number of aliphatic hydroxyl groups excluding tert-OH is 1. The molecule has 0 aromatic heterocycles. The SMILES string of the molecule is COCCC(C)C(=O)N[C@@H]1c2ccccc2C[C@@H]1O. The van der Waals surface area contributed by atoms with E-state index < -0.39 is 6.10 Å². The van der Waals surface area contributed by atoms with Crippen molar-refractivity contribution in [3.63, 3.8) is 0 Å². The van der Waals surface area contributed by atoms with Gasteiger partial charge >= 0.3 is 0 Å². The first-order chi connectivity index (χ1) is 9.13. The van der Waals surface area contributed by atoms with Crippen LogP contribution >= 0.6 is 0 Å². The number of amides is 1. The lowest BCUT2D eigenvalue weighted by molar-refractivity contribution is -0.126. The summed E-state index contributed by atoms with van der Waals surface area (Å²) in [6.07, 6.45) is 0.761. The lowest BCUT2D eigenvalue weighted by Gasteiger charge is -2.20. The molecule has 0 spiro atoms. The minimum Gasteiger partial charge on any atom is -0.390 e. The molecule has 1 aromatic carbocycles. The molecule has 104 valence electrons. The number of fused-ring (bicyclic) bond motifs is 1. The molecule has 1 unspecified atom stereocenters. The van der Waals surface area contributed by atoms with Crippen molar-refractivity contribution in [3.8, 4) is 0 Å². The number of hydrogen-bond acceptors (Lipinski definition) is 3. The zero-order valence-electron chi connectivity index (χ0n) is 11.4. The minimum atomic E-state index is -0.532. The molecule has 3 atom stereocenters. The molecular weight excluding hydrogens is 242 g/mol. The Balaban J connectivity index is 2.01. The highest BCUT2D eigenvalue weighted by molar-refractivity contribution is 5.79. The molecule has 1 aliphatic carbocycles. The number of carbonyl (C=O) groups excluding carboxylic acids is 1. The van der Waals surface area contributed by atoms with E-state index in [0.29, 0.717) is 19.4 Å². The van der Waals surface area contributed by atoms with Crippen molar-refractivity contribution in [1.82, 2.24) is 5.32 Å². The highest BCUT2D eigenvalue weighted by atomic mass is 16.5. The third kappa shape index (κ3) is 3.14. The number of hydrogen-bond donors (Lipinski definition) is 2. The Bertz CT molecular complexity index is 447. The highest BCUT2D eigenvalue weighted by Gasteiger charge is 2.32. The second kappa shape index (κ2) is 6.17. The average Bonchev–Trinajstić information content (AvgIpc) is 2.72. The molecule has 0 fully saturated rings. The van der Waals surface area contributed by atoms with E-state index in [1.54, 1.807) is 7.11 Å². The predicted molar refractivity (Wildman–Crippen MR) is 72.7 cm³/mol. The van der Waals surface area contributed by atoms with Gasteiger partial charge in [0, 0.05) is 26.1 Å². The van der Waals surface area contributed by atoms with Crippen LogP contribution in [-0.4, -0.2) is 30.8 Å². The van der Waals surface area contributed by atoms with Gasteiger partial charge in [-0.2, -0.15) is 0 Å². The third-order valence-electron chi connectivity index (χ3n) is 3.70. The molecule has 0 heterocycles. The van der Waals surface area contributed by atoms with Crippen LogP contribution in [0.2, 0.25) is 0 Å². The summed E-state index contributed by atoms with van der Waals surface area (Å²) < 4.78 is 4.98. The van der Waals surface area contributed by atoms with Gasteiger partial charge in [0.05, 0.1) is 12.1 Å². The third-order valence-corrected chi connectivity index (χ3v) is 3.70. The second-order valence-corrected chi connectivity index (χ2v) is 5.14. The fourth-order valence-electron chi connectivity index (χ4n) is 2.47. The Kier molecular flexibility index (Phi) is 4.56. The first-order valence-corrected chi connectivity index (χ1v) is 6.68. The van der Waals surface area contributed by atoms with Crippen LogP contribution in [0.1, 0.15) is 30.5 Å². The molecule has 19 heavy (non-hydrogen) atoms. The maximum absolute atomic E-state index is 12.1. The van der Waals surface area contributed by atoms with Crippen molar-refractivity contribution in [2.75, 3.05) is 13.7 Å². The zero-order chi connectivity index (χ0) is 13.8. The highest BCUT2D eigenvalue weighted by Crippen LogP contribution is 2.31. The van der Waals surface area contributed by atoms with E-state index in [2.05, 4.69) is 5.32 Å². The molecule has 1 aliphatic rings. The topological polar surface area (TPSA) is 58.6 Å². The van der Waals surface area contributed by atoms with Gasteiger partial charge in [0.25, 0.3) is 0 Å². The lowest BCUT2D eigenvalue weighted by atomic mass is 10.0. The van der Waals surface area contributed by atoms with E-state index in [1.807, 2.05) is 31.2 Å². The van der Waals surface area contributed by atoms with Gasteiger partial charge in [0.1, 0.15) is 0 Å². The second-order valence-electron chi connectivity index (χ2n) is 5.14. The standard InChI is InChI=1S/C15H21NO3/c1-10(7-8-19-2)15(18)16-14-12-6-4-3-5-11(12)9-13(14)17/h3-6,10,13-14,17H,7-9H2,1-2H3,(H,16,18)/t10?,13-,14+/m0/s1. The molecule has 4 nitrogen and oxygen atoms in total. The van der Waals surface area contributed by atoms with Gasteiger partial charge in [0.2, 0.25) is 5.91 Å². The average molecular weight is 263 g/mol. The number of nitrogens with one attached hydrogen (secondary N) is 1. The summed E-state index contributed by atoms with van der Waals surface area (Å²) in [5, 5.41) is 13.0. The molecular formula is C15H21NO3. The van der Waals surface area contributed by atoms with Crippen molar-refractivity contribution in [2.45, 2.75) is 31.9 Å². The van der Waals surface area contributed by atoms with Crippen LogP contribution in [0.5, 0.6) is 0 Å². The molecule has 1 aromatic rings. The summed E-state index contributed by atoms with van der Waals surface area (Å²) >= 11 is 0. The number of ether oxygens (including phenoxy) is 1. The Hall–Kier alpha value is -1.39. The maximum atomic E-state index is 12.1. The van der Waals surface area contributed by atoms with Gasteiger partial charge in [-0.15, -0.1) is 0 Å². The Morgan fingerprint density at radius 3 is 3.00 bits per heavy atom. The van der Waals surface area contributed by atoms with E-state index >= 15 is 0 Å². The number of carbonyl (C=O) groups is 1. The summed E-state index contributed by atoms with van der Waals surface area (Å²) in [5.41, 5.74) is 2.15. The molecule has 4 heteroatoms. The summed E-state index contributed by atoms with van der Waals surface area (Å²) in [6.45, 7) is 2.44. The molecule has 2 N–H and O–H groups in total. The normalized spacial score (nSPS) is 22.9. The monoisotopic (exact) mass is 263 g/mol. The van der Waals surface area contributed by atoms with Crippen LogP contribution in [0.25, 0.3) is 0 Å². The smallest absolute Gasteiger partial charge is 0.223 e. The van der Waals surface area contributed by atoms with Gasteiger partial charge in [-0.05, 0) is 17.5 Å². The van der Waals surface area contributed by atoms with Crippen LogP contribution in [0.4, 0.5) is 0 Å². The molecule has 0 aliphatic heterocycles. The fourth-order valence-corrected chi connectivity index (χ4v) is 2.47. The van der Waals surface area contributed by atoms with Gasteiger partial charge in [-0.1, -0.05) is 31.2 Å². The molecule has 2 rings (SSSR count). The van der Waals surface area contributed by atoms with Crippen molar-refractivity contribution in [2.24, 2.45) is 5.92 Å². The van der Waals surface area contributed by atoms with Crippen LogP contribution in [0.3, 0.4) is 0 Å². The molecule has 0 saturated carbocycles. The predicted octanol–water partition coefficient (Wildman–Crippen LogP) is 1.43. The van der Waals surface area contributed by atoms with Crippen LogP contribution in [-0.2, 0) is 16.0 Å². The van der Waals surface area contributed by atoms with Crippen LogP contribution in [0.15, 0.2) is 24.3 Å². The molecule has 0 radical (unpaired) electrons. The van der Waals surface area contributed by atoms with Gasteiger partial charge in [-0.3, -0.25) is 4.79 Å². The summed E-state index contributed by atoms with van der Waals surface area (Å²) in [6, 6.07) is 7.57. The molecule has 1 amide bonds. The van der Waals surface area contributed by atoms with E-state index in [4.69, 9.17) is 4.74 Å². The van der Waals surface area contributed by atoms with Crippen molar-refractivity contribution < 1.29 is 14.6 Å². The van der Waals surface area contributed by atoms with Gasteiger partial charge < -0.3 is 15.2 Å². The van der Waals surface area contributed by atoms with E-state index in [9.17, 15) is 9.90 Å². The van der Waals surface area contributed by atoms with E-state index in [-0.39, 0.29) is 17.9 Å². The Labute approximate surface area is 113 Å². The van der Waals surface area contributed by atoms with E-state index in [1.165, 1.54) is 0 Å². The van der Waals surface area contributed by atoms with Crippen LogP contribution < -0.4 is 5.32 Å². The fraction of sp³-hybridized carbons (Fsp3) is 0.533. The minimum absolute atomic E-state index is 0.0298. The molecule has 0 bridgehead atoms. The zero-order valence-corrected chi connectivity index (χ0v) is 11.4. The first kappa shape index (κ1) is 14.0. The largest absolute Gasteiger partial charge is 0.390 e. The van der Waals surface area contributed by atoms with Crippen molar-refractivity contribution >= 4 is 5.91 Å². The first-order valence-electron chi connectivity index (χ1n) is 6.68. The summed E-state index contributed by atoms with van der Waals surface area (Å²) in [4.78, 5) is 12.1. The Morgan fingerprint density at radius 2 is 2.26 bits per heavy atom. The maximum Gasteiger partial charge on any atom is 0.223 e.